The van der Waals surface area contributed by atoms with Gasteiger partial charge in [0.2, 0.25) is 5.91 Å². The second kappa shape index (κ2) is 10.3. The molecule has 0 radical (unpaired) electrons. The number of hydrogen-bond donors (Lipinski definition) is 2. The van der Waals surface area contributed by atoms with Crippen LogP contribution >= 0.6 is 0 Å². The van der Waals surface area contributed by atoms with Gasteiger partial charge in [0.15, 0.2) is 0 Å². The van der Waals surface area contributed by atoms with E-state index in [1.54, 1.807) is 17.0 Å². The fourth-order valence-electron chi connectivity index (χ4n) is 4.38. The predicted molar refractivity (Wildman–Crippen MR) is 125 cm³/mol. The van der Waals surface area contributed by atoms with Crippen molar-refractivity contribution in [1.29, 1.82) is 0 Å². The fraction of sp³-hybridized carbons (Fsp3) is 0.400. The minimum absolute atomic E-state index is 0.0342. The van der Waals surface area contributed by atoms with Crippen molar-refractivity contribution in [2.75, 3.05) is 36.8 Å². The van der Waals surface area contributed by atoms with Crippen molar-refractivity contribution in [3.63, 3.8) is 0 Å². The Morgan fingerprint density at radius 3 is 2.22 bits per heavy atom. The van der Waals surface area contributed by atoms with Crippen LogP contribution in [0.4, 0.5) is 16.2 Å². The van der Waals surface area contributed by atoms with Gasteiger partial charge in [0.05, 0.1) is 17.2 Å². The summed E-state index contributed by atoms with van der Waals surface area (Å²) in [6.07, 6.45) is 4.66. The van der Waals surface area contributed by atoms with Gasteiger partial charge in [-0.2, -0.15) is 0 Å². The van der Waals surface area contributed by atoms with Crippen LogP contribution in [0.2, 0.25) is 0 Å². The predicted octanol–water partition coefficient (Wildman–Crippen LogP) is 4.20. The van der Waals surface area contributed by atoms with Gasteiger partial charge >= 0.3 is 6.03 Å². The lowest BCUT2D eigenvalue weighted by Gasteiger charge is -2.32. The van der Waals surface area contributed by atoms with E-state index in [0.29, 0.717) is 30.8 Å². The van der Waals surface area contributed by atoms with Crippen LogP contribution in [0, 0.1) is 5.92 Å². The molecule has 2 aliphatic heterocycles. The second-order valence-electron chi connectivity index (χ2n) is 8.47. The van der Waals surface area contributed by atoms with E-state index in [-0.39, 0.29) is 23.8 Å². The molecule has 1 atom stereocenters. The summed E-state index contributed by atoms with van der Waals surface area (Å²) in [6, 6.07) is 16.3. The molecule has 4 rings (SSSR count). The first-order chi connectivity index (χ1) is 15.6. The lowest BCUT2D eigenvalue weighted by atomic mass is 9.97. The molecule has 0 aromatic heterocycles. The first kappa shape index (κ1) is 21.9. The first-order valence-electron chi connectivity index (χ1n) is 11.4. The summed E-state index contributed by atoms with van der Waals surface area (Å²) in [6.45, 7) is 2.49. The van der Waals surface area contributed by atoms with Gasteiger partial charge in [0, 0.05) is 31.9 Å². The van der Waals surface area contributed by atoms with Crippen LogP contribution in [0.5, 0.6) is 0 Å². The number of para-hydroxylation sites is 2. The Morgan fingerprint density at radius 1 is 0.750 bits per heavy atom. The van der Waals surface area contributed by atoms with Crippen LogP contribution < -0.4 is 10.6 Å². The van der Waals surface area contributed by atoms with Crippen LogP contribution in [-0.4, -0.2) is 53.8 Å². The topological polar surface area (TPSA) is 81.8 Å². The van der Waals surface area contributed by atoms with Gasteiger partial charge in [-0.1, -0.05) is 30.3 Å². The summed E-state index contributed by atoms with van der Waals surface area (Å²) >= 11 is 0. The first-order valence-corrected chi connectivity index (χ1v) is 11.4. The van der Waals surface area contributed by atoms with Gasteiger partial charge in [-0.15, -0.1) is 0 Å². The smallest absolute Gasteiger partial charge is 0.321 e. The number of urea groups is 1. The Kier molecular flexibility index (Phi) is 7.04. The number of hydrogen-bond acceptors (Lipinski definition) is 3. The van der Waals surface area contributed by atoms with Gasteiger partial charge in [-0.05, 0) is 56.4 Å². The number of piperidine rings is 2. The molecule has 0 aliphatic carbocycles. The van der Waals surface area contributed by atoms with Crippen LogP contribution in [0.15, 0.2) is 54.6 Å². The molecule has 1 unspecified atom stereocenters. The molecule has 2 aromatic carbocycles. The number of benzene rings is 2. The molecule has 7 heteroatoms. The van der Waals surface area contributed by atoms with Crippen molar-refractivity contribution in [1.82, 2.24) is 9.80 Å². The molecule has 7 nitrogen and oxygen atoms in total. The van der Waals surface area contributed by atoms with E-state index in [1.165, 1.54) is 0 Å². The number of nitrogens with one attached hydrogen (secondary N) is 2. The number of likely N-dealkylation sites (tertiary alicyclic amines) is 2. The third kappa shape index (κ3) is 5.28. The van der Waals surface area contributed by atoms with Crippen LogP contribution in [0.25, 0.3) is 0 Å². The van der Waals surface area contributed by atoms with Gasteiger partial charge in [0.1, 0.15) is 0 Å². The maximum Gasteiger partial charge on any atom is 0.321 e. The SMILES string of the molecule is O=C(Nc1ccccc1C(=O)N1CCCCC1)C1CCCN(C(=O)Nc2ccccc2)C1. The van der Waals surface area contributed by atoms with Crippen molar-refractivity contribution in [3.05, 3.63) is 60.2 Å². The molecule has 2 aliphatic rings. The quantitative estimate of drug-likeness (QED) is 0.757. The standard InChI is InChI=1S/C25H30N4O3/c30-23(19-10-9-17-29(18-19)25(32)26-20-11-3-1-4-12-20)27-22-14-6-5-13-21(22)24(31)28-15-7-2-8-16-28/h1,3-6,11-14,19H,2,7-10,15-18H2,(H,26,32)(H,27,30). The molecule has 2 heterocycles. The number of carbonyl (C=O) groups is 3. The van der Waals surface area contributed by atoms with E-state index in [1.807, 2.05) is 47.4 Å². The zero-order valence-corrected chi connectivity index (χ0v) is 18.3. The Bertz CT molecular complexity index is 957. The van der Waals surface area contributed by atoms with E-state index in [4.69, 9.17) is 0 Å². The summed E-state index contributed by atoms with van der Waals surface area (Å²) in [4.78, 5) is 42.3. The largest absolute Gasteiger partial charge is 0.339 e. The van der Waals surface area contributed by atoms with E-state index >= 15 is 0 Å². The highest BCUT2D eigenvalue weighted by atomic mass is 16.2. The van der Waals surface area contributed by atoms with E-state index < -0.39 is 0 Å². The zero-order chi connectivity index (χ0) is 22.3. The lowest BCUT2D eigenvalue weighted by Crippen LogP contribution is -2.45. The summed E-state index contributed by atoms with van der Waals surface area (Å²) < 4.78 is 0. The van der Waals surface area contributed by atoms with Gasteiger partial charge in [-0.25, -0.2) is 4.79 Å². The molecule has 2 fully saturated rings. The summed E-state index contributed by atoms with van der Waals surface area (Å²) in [7, 11) is 0. The van der Waals surface area contributed by atoms with Crippen molar-refractivity contribution in [2.24, 2.45) is 5.92 Å². The van der Waals surface area contributed by atoms with Crippen molar-refractivity contribution < 1.29 is 14.4 Å². The molecule has 4 amide bonds. The normalized spacial score (nSPS) is 18.7. The maximum absolute atomic E-state index is 13.1. The third-order valence-electron chi connectivity index (χ3n) is 6.16. The van der Waals surface area contributed by atoms with Crippen molar-refractivity contribution in [3.8, 4) is 0 Å². The fourth-order valence-corrected chi connectivity index (χ4v) is 4.38. The highest BCUT2D eigenvalue weighted by Crippen LogP contribution is 2.23. The molecule has 2 N–H and O–H groups in total. The molecule has 0 spiro atoms. The molecule has 32 heavy (non-hydrogen) atoms. The molecule has 2 aromatic rings. The van der Waals surface area contributed by atoms with E-state index in [2.05, 4.69) is 10.6 Å². The Morgan fingerprint density at radius 2 is 1.44 bits per heavy atom. The van der Waals surface area contributed by atoms with Crippen LogP contribution in [0.3, 0.4) is 0 Å². The Hall–Kier alpha value is -3.35. The summed E-state index contributed by atoms with van der Waals surface area (Å²) in [5, 5.41) is 5.85. The number of amides is 4. The molecular formula is C25H30N4O3. The lowest BCUT2D eigenvalue weighted by molar-refractivity contribution is -0.121. The van der Waals surface area contributed by atoms with Gasteiger partial charge < -0.3 is 20.4 Å². The van der Waals surface area contributed by atoms with Gasteiger partial charge in [-0.3, -0.25) is 9.59 Å². The summed E-state index contributed by atoms with van der Waals surface area (Å²) in [5.74, 6) is -0.502. The molecule has 0 bridgehead atoms. The second-order valence-corrected chi connectivity index (χ2v) is 8.47. The Balaban J connectivity index is 1.39. The average Bonchev–Trinajstić information content (AvgIpc) is 2.85. The summed E-state index contributed by atoms with van der Waals surface area (Å²) in [5.41, 5.74) is 1.80. The van der Waals surface area contributed by atoms with Crippen LogP contribution in [-0.2, 0) is 4.79 Å². The van der Waals surface area contributed by atoms with Gasteiger partial charge in [0.25, 0.3) is 5.91 Å². The molecule has 0 saturated carbocycles. The average molecular weight is 435 g/mol. The van der Waals surface area contributed by atoms with Crippen LogP contribution in [0.1, 0.15) is 42.5 Å². The number of nitrogens with zero attached hydrogens (tertiary/aromatic N) is 2. The number of anilines is 2. The zero-order valence-electron chi connectivity index (χ0n) is 18.3. The highest BCUT2D eigenvalue weighted by molar-refractivity contribution is 6.04. The third-order valence-corrected chi connectivity index (χ3v) is 6.16. The molecular weight excluding hydrogens is 404 g/mol. The minimum Gasteiger partial charge on any atom is -0.339 e. The minimum atomic E-state index is -0.316. The van der Waals surface area contributed by atoms with Crippen molar-refractivity contribution in [2.45, 2.75) is 32.1 Å². The van der Waals surface area contributed by atoms with E-state index in [9.17, 15) is 14.4 Å². The molecule has 168 valence electrons. The van der Waals surface area contributed by atoms with E-state index in [0.717, 1.165) is 44.5 Å². The number of rotatable bonds is 4. The van der Waals surface area contributed by atoms with Crippen molar-refractivity contribution >= 4 is 29.2 Å². The highest BCUT2D eigenvalue weighted by Gasteiger charge is 2.29. The monoisotopic (exact) mass is 434 g/mol. The maximum atomic E-state index is 13.1. The molecule has 2 saturated heterocycles. The Labute approximate surface area is 188 Å². The number of carbonyl (C=O) groups excluding carboxylic acids is 3.